The highest BCUT2D eigenvalue weighted by molar-refractivity contribution is 5.92. The summed E-state index contributed by atoms with van der Waals surface area (Å²) < 4.78 is 15.3. The second-order valence-corrected chi connectivity index (χ2v) is 3.52. The van der Waals surface area contributed by atoms with Crippen molar-refractivity contribution in [3.8, 4) is 11.8 Å². The van der Waals surface area contributed by atoms with Crippen LogP contribution in [0.25, 0.3) is 5.69 Å². The summed E-state index contributed by atoms with van der Waals surface area (Å²) in [6.07, 6.45) is 4.38. The number of amides is 1. The van der Waals surface area contributed by atoms with E-state index in [4.69, 9.17) is 5.26 Å². The quantitative estimate of drug-likeness (QED) is 0.895. The summed E-state index contributed by atoms with van der Waals surface area (Å²) in [5, 5.41) is 10.8. The number of nitrogens with zero attached hydrogens (tertiary/aromatic N) is 3. The highest BCUT2D eigenvalue weighted by Crippen LogP contribution is 2.18. The molecule has 0 aliphatic carbocycles. The Labute approximate surface area is 102 Å². The van der Waals surface area contributed by atoms with E-state index < -0.39 is 11.7 Å². The van der Waals surface area contributed by atoms with Crippen LogP contribution in [0, 0.1) is 17.1 Å². The molecule has 0 spiro atoms. The van der Waals surface area contributed by atoms with E-state index >= 15 is 0 Å². The van der Waals surface area contributed by atoms with Crippen molar-refractivity contribution in [3.05, 3.63) is 42.7 Å². The monoisotopic (exact) mass is 244 g/mol. The van der Waals surface area contributed by atoms with Gasteiger partial charge >= 0.3 is 0 Å². The maximum atomic E-state index is 13.8. The molecule has 0 saturated heterocycles. The van der Waals surface area contributed by atoms with Crippen molar-refractivity contribution in [2.45, 2.75) is 6.42 Å². The van der Waals surface area contributed by atoms with Crippen LogP contribution in [0.3, 0.4) is 0 Å². The number of hydrogen-bond acceptors (Lipinski definition) is 3. The molecule has 5 nitrogen and oxygen atoms in total. The molecular formula is C12H9FN4O. The Morgan fingerprint density at radius 3 is 3.00 bits per heavy atom. The summed E-state index contributed by atoms with van der Waals surface area (Å²) in [6, 6.07) is 6.01. The molecule has 0 atom stereocenters. The van der Waals surface area contributed by atoms with Gasteiger partial charge in [-0.05, 0) is 18.2 Å². The van der Waals surface area contributed by atoms with E-state index in [1.54, 1.807) is 24.5 Å². The van der Waals surface area contributed by atoms with Crippen molar-refractivity contribution in [2.75, 3.05) is 5.32 Å². The SMILES string of the molecule is N#CCC(=O)Nc1ccc(-n2ccnc2)c(F)c1. The Kier molecular flexibility index (Phi) is 3.34. The van der Waals surface area contributed by atoms with Crippen LogP contribution in [0.15, 0.2) is 36.9 Å². The van der Waals surface area contributed by atoms with Crippen LogP contribution in [-0.2, 0) is 4.79 Å². The first kappa shape index (κ1) is 11.8. The largest absolute Gasteiger partial charge is 0.325 e. The number of imidazole rings is 1. The van der Waals surface area contributed by atoms with Crippen LogP contribution in [0.2, 0.25) is 0 Å². The lowest BCUT2D eigenvalue weighted by Crippen LogP contribution is -2.10. The lowest BCUT2D eigenvalue weighted by Gasteiger charge is -2.07. The summed E-state index contributed by atoms with van der Waals surface area (Å²) in [7, 11) is 0. The van der Waals surface area contributed by atoms with Crippen molar-refractivity contribution in [1.82, 2.24) is 9.55 Å². The van der Waals surface area contributed by atoms with Gasteiger partial charge in [0.25, 0.3) is 0 Å². The first-order valence-corrected chi connectivity index (χ1v) is 5.15. The molecule has 6 heteroatoms. The van der Waals surface area contributed by atoms with E-state index in [2.05, 4.69) is 10.3 Å². The Bertz CT molecular complexity index is 601. The van der Waals surface area contributed by atoms with Crippen molar-refractivity contribution in [1.29, 1.82) is 5.26 Å². The molecule has 0 bridgehead atoms. The molecule has 18 heavy (non-hydrogen) atoms. The standard InChI is InChI=1S/C12H9FN4O/c13-10-7-9(16-12(18)3-4-14)1-2-11(10)17-6-5-15-8-17/h1-2,5-8H,3H2,(H,16,18). The molecule has 0 fully saturated rings. The topological polar surface area (TPSA) is 70.7 Å². The van der Waals surface area contributed by atoms with Gasteiger partial charge in [-0.2, -0.15) is 5.26 Å². The number of anilines is 1. The van der Waals surface area contributed by atoms with Gasteiger partial charge in [-0.25, -0.2) is 9.37 Å². The minimum absolute atomic E-state index is 0.259. The van der Waals surface area contributed by atoms with Crippen molar-refractivity contribution in [3.63, 3.8) is 0 Å². The lowest BCUT2D eigenvalue weighted by molar-refractivity contribution is -0.115. The normalized spacial score (nSPS) is 9.78. The fraction of sp³-hybridized carbons (Fsp3) is 0.0833. The van der Waals surface area contributed by atoms with Gasteiger partial charge in [0.05, 0.1) is 18.1 Å². The Balaban J connectivity index is 2.21. The van der Waals surface area contributed by atoms with Gasteiger partial charge in [-0.15, -0.1) is 0 Å². The molecule has 2 aromatic rings. The fourth-order valence-electron chi connectivity index (χ4n) is 1.47. The molecule has 0 saturated carbocycles. The van der Waals surface area contributed by atoms with Gasteiger partial charge < -0.3 is 9.88 Å². The van der Waals surface area contributed by atoms with Gasteiger partial charge in [0, 0.05) is 18.1 Å². The Morgan fingerprint density at radius 2 is 2.39 bits per heavy atom. The second kappa shape index (κ2) is 5.10. The molecule has 2 rings (SSSR count). The average Bonchev–Trinajstić information content (AvgIpc) is 2.82. The number of carbonyl (C=O) groups is 1. The van der Waals surface area contributed by atoms with Crippen LogP contribution >= 0.6 is 0 Å². The molecule has 90 valence electrons. The number of benzene rings is 1. The van der Waals surface area contributed by atoms with Crippen LogP contribution in [-0.4, -0.2) is 15.5 Å². The van der Waals surface area contributed by atoms with E-state index in [0.29, 0.717) is 11.4 Å². The van der Waals surface area contributed by atoms with Gasteiger partial charge in [0.15, 0.2) is 0 Å². The number of hydrogen-bond donors (Lipinski definition) is 1. The van der Waals surface area contributed by atoms with Crippen LogP contribution in [0.4, 0.5) is 10.1 Å². The first-order valence-electron chi connectivity index (χ1n) is 5.15. The summed E-state index contributed by atoms with van der Waals surface area (Å²) in [5.74, 6) is -0.949. The number of rotatable bonds is 3. The first-order chi connectivity index (χ1) is 8.70. The zero-order valence-corrected chi connectivity index (χ0v) is 9.30. The molecule has 0 aliphatic heterocycles. The third kappa shape index (κ3) is 2.52. The van der Waals surface area contributed by atoms with Crippen molar-refractivity contribution in [2.24, 2.45) is 0 Å². The maximum absolute atomic E-state index is 13.8. The third-order valence-corrected chi connectivity index (χ3v) is 2.25. The van der Waals surface area contributed by atoms with E-state index in [9.17, 15) is 9.18 Å². The molecule has 0 aliphatic rings. The predicted octanol–water partition coefficient (Wildman–Crippen LogP) is 1.86. The van der Waals surface area contributed by atoms with E-state index in [0.717, 1.165) is 0 Å². The number of aromatic nitrogens is 2. The van der Waals surface area contributed by atoms with Gasteiger partial charge in [0.1, 0.15) is 12.2 Å². The van der Waals surface area contributed by atoms with E-state index in [1.807, 2.05) is 0 Å². The molecule has 1 amide bonds. The van der Waals surface area contributed by atoms with Gasteiger partial charge in [-0.3, -0.25) is 4.79 Å². The molecule has 0 unspecified atom stereocenters. The summed E-state index contributed by atoms with van der Waals surface area (Å²) in [6.45, 7) is 0. The summed E-state index contributed by atoms with van der Waals surface area (Å²) in [4.78, 5) is 15.0. The summed E-state index contributed by atoms with van der Waals surface area (Å²) >= 11 is 0. The Morgan fingerprint density at radius 1 is 1.56 bits per heavy atom. The van der Waals surface area contributed by atoms with Crippen LogP contribution in [0.1, 0.15) is 6.42 Å². The highest BCUT2D eigenvalue weighted by Gasteiger charge is 2.07. The molecule has 1 heterocycles. The number of halogens is 1. The van der Waals surface area contributed by atoms with Crippen molar-refractivity contribution < 1.29 is 9.18 Å². The minimum Gasteiger partial charge on any atom is -0.325 e. The third-order valence-electron chi connectivity index (χ3n) is 2.25. The lowest BCUT2D eigenvalue weighted by atomic mass is 10.2. The minimum atomic E-state index is -0.484. The van der Waals surface area contributed by atoms with Crippen LogP contribution < -0.4 is 5.32 Å². The highest BCUT2D eigenvalue weighted by atomic mass is 19.1. The average molecular weight is 244 g/mol. The number of nitriles is 1. The van der Waals surface area contributed by atoms with Gasteiger partial charge in [0.2, 0.25) is 5.91 Å². The number of carbonyl (C=O) groups excluding carboxylic acids is 1. The maximum Gasteiger partial charge on any atom is 0.238 e. The zero-order valence-electron chi connectivity index (χ0n) is 9.30. The molecular weight excluding hydrogens is 235 g/mol. The van der Waals surface area contributed by atoms with E-state index in [1.165, 1.54) is 23.0 Å². The predicted molar refractivity (Wildman–Crippen MR) is 62.4 cm³/mol. The van der Waals surface area contributed by atoms with Crippen molar-refractivity contribution >= 4 is 11.6 Å². The molecule has 0 radical (unpaired) electrons. The number of nitrogens with one attached hydrogen (secondary N) is 1. The van der Waals surface area contributed by atoms with Gasteiger partial charge in [-0.1, -0.05) is 0 Å². The summed E-state index contributed by atoms with van der Waals surface area (Å²) in [5.41, 5.74) is 0.655. The molecule has 1 aromatic heterocycles. The fourth-order valence-corrected chi connectivity index (χ4v) is 1.47. The van der Waals surface area contributed by atoms with Crippen LogP contribution in [0.5, 0.6) is 0 Å². The zero-order chi connectivity index (χ0) is 13.0. The Hall–Kier alpha value is -2.68. The van der Waals surface area contributed by atoms with E-state index in [-0.39, 0.29) is 6.42 Å². The smallest absolute Gasteiger partial charge is 0.238 e. The molecule has 1 N–H and O–H groups in total. The molecule has 1 aromatic carbocycles. The second-order valence-electron chi connectivity index (χ2n) is 3.52.